The van der Waals surface area contributed by atoms with Gasteiger partial charge in [-0.25, -0.2) is 19.2 Å². The minimum absolute atomic E-state index is 0.144. The van der Waals surface area contributed by atoms with Gasteiger partial charge in [-0.15, -0.1) is 0 Å². The van der Waals surface area contributed by atoms with E-state index in [1.807, 2.05) is 0 Å². The first-order valence-corrected chi connectivity index (χ1v) is 9.95. The van der Waals surface area contributed by atoms with E-state index in [1.165, 1.54) is 24.3 Å². The Bertz CT molecular complexity index is 1010. The molecule has 0 saturated heterocycles. The molecule has 0 radical (unpaired) electrons. The Labute approximate surface area is 200 Å². The Hall–Kier alpha value is -3.21. The van der Waals surface area contributed by atoms with Crippen LogP contribution in [0.3, 0.4) is 0 Å². The highest BCUT2D eigenvalue weighted by atomic mass is 35.6. The molecule has 10 nitrogen and oxygen atoms in total. The Kier molecular flexibility index (Phi) is 8.37. The number of carboxylic acid groups (broad SMARTS) is 4. The van der Waals surface area contributed by atoms with Gasteiger partial charge >= 0.3 is 23.9 Å². The fraction of sp³-hybridized carbons (Fsp3) is 0.200. The van der Waals surface area contributed by atoms with Crippen LogP contribution in [0, 0.1) is 0 Å². The highest BCUT2D eigenvalue weighted by molar-refractivity contribution is 6.68. The quantitative estimate of drug-likeness (QED) is 0.339. The highest BCUT2D eigenvalue weighted by Crippen LogP contribution is 2.47. The standard InChI is InChI=1S/C20H15Cl3O10/c21-20(22,23)17(9-1-3-13(32-7-15(24)25)11(5-9)18(28)29)10-2-4-14(33-8-16(26)27)12(6-10)19(30)31/h1-6,17H,7-8H2,(H,24,25)(H,26,27)(H,28,29)(H,30,31). The number of carboxylic acids is 4. The summed E-state index contributed by atoms with van der Waals surface area (Å²) in [5, 5.41) is 36.5. The smallest absolute Gasteiger partial charge is 0.341 e. The Morgan fingerprint density at radius 3 is 1.36 bits per heavy atom. The molecule has 176 valence electrons. The van der Waals surface area contributed by atoms with Crippen LogP contribution in [0.15, 0.2) is 36.4 Å². The second kappa shape index (κ2) is 10.6. The van der Waals surface area contributed by atoms with Gasteiger partial charge in [0.25, 0.3) is 0 Å². The van der Waals surface area contributed by atoms with Crippen molar-refractivity contribution in [3.05, 3.63) is 58.7 Å². The van der Waals surface area contributed by atoms with E-state index in [2.05, 4.69) is 0 Å². The second-order valence-corrected chi connectivity index (χ2v) is 8.83. The molecule has 0 bridgehead atoms. The predicted molar refractivity (Wildman–Crippen MR) is 115 cm³/mol. The van der Waals surface area contributed by atoms with Crippen molar-refractivity contribution in [3.8, 4) is 11.5 Å². The summed E-state index contributed by atoms with van der Waals surface area (Å²) in [5.74, 6) is -7.17. The molecule has 0 aromatic heterocycles. The van der Waals surface area contributed by atoms with E-state index in [1.54, 1.807) is 0 Å². The zero-order valence-corrected chi connectivity index (χ0v) is 18.6. The zero-order valence-electron chi connectivity index (χ0n) is 16.3. The van der Waals surface area contributed by atoms with Crippen LogP contribution in [0.4, 0.5) is 0 Å². The third kappa shape index (κ3) is 6.88. The summed E-state index contributed by atoms with van der Waals surface area (Å²) in [6.45, 7) is -1.57. The fourth-order valence-electron chi connectivity index (χ4n) is 2.89. The van der Waals surface area contributed by atoms with Gasteiger partial charge in [-0.3, -0.25) is 0 Å². The van der Waals surface area contributed by atoms with Crippen molar-refractivity contribution in [3.63, 3.8) is 0 Å². The van der Waals surface area contributed by atoms with Crippen LogP contribution in [0.5, 0.6) is 11.5 Å². The number of hydrogen-bond acceptors (Lipinski definition) is 6. The van der Waals surface area contributed by atoms with Gasteiger partial charge in [0, 0.05) is 0 Å². The normalized spacial score (nSPS) is 11.2. The molecule has 2 aromatic carbocycles. The third-order valence-electron chi connectivity index (χ3n) is 4.16. The predicted octanol–water partition coefficient (Wildman–Crippen LogP) is 3.51. The number of carbonyl (C=O) groups is 4. The van der Waals surface area contributed by atoms with Crippen LogP contribution in [0.25, 0.3) is 0 Å². The summed E-state index contributed by atoms with van der Waals surface area (Å²) in [6, 6.07) is 7.28. The molecule has 0 amide bonds. The Morgan fingerprint density at radius 1 is 0.727 bits per heavy atom. The van der Waals surface area contributed by atoms with Gasteiger partial charge in [-0.2, -0.15) is 0 Å². The monoisotopic (exact) mass is 520 g/mol. The van der Waals surface area contributed by atoms with Crippen molar-refractivity contribution in [2.24, 2.45) is 0 Å². The van der Waals surface area contributed by atoms with Crippen molar-refractivity contribution in [2.45, 2.75) is 9.71 Å². The average molecular weight is 522 g/mol. The summed E-state index contributed by atoms with van der Waals surface area (Å²) < 4.78 is 7.87. The van der Waals surface area contributed by atoms with E-state index in [4.69, 9.17) is 54.5 Å². The Balaban J connectivity index is 2.59. The molecule has 0 unspecified atom stereocenters. The van der Waals surface area contributed by atoms with E-state index in [-0.39, 0.29) is 22.6 Å². The van der Waals surface area contributed by atoms with Gasteiger partial charge in [0.05, 0.1) is 5.92 Å². The first-order valence-electron chi connectivity index (χ1n) is 8.81. The number of rotatable bonds is 10. The van der Waals surface area contributed by atoms with Crippen molar-refractivity contribution >= 4 is 58.7 Å². The van der Waals surface area contributed by atoms with Crippen molar-refractivity contribution in [2.75, 3.05) is 13.2 Å². The number of alkyl halides is 3. The summed E-state index contributed by atoms with van der Waals surface area (Å²) in [5.41, 5.74) is -0.531. The number of benzene rings is 2. The lowest BCUT2D eigenvalue weighted by Gasteiger charge is -2.26. The minimum atomic E-state index is -2.08. The first-order chi connectivity index (χ1) is 15.3. The molecule has 33 heavy (non-hydrogen) atoms. The van der Waals surface area contributed by atoms with Gasteiger partial charge in [0.2, 0.25) is 3.79 Å². The molecular formula is C20H15Cl3O10. The largest absolute Gasteiger partial charge is 0.481 e. The molecule has 13 heteroatoms. The van der Waals surface area contributed by atoms with Crippen molar-refractivity contribution in [1.82, 2.24) is 0 Å². The fourth-order valence-corrected chi connectivity index (χ4v) is 3.65. The lowest BCUT2D eigenvalue weighted by atomic mass is 9.90. The van der Waals surface area contributed by atoms with E-state index in [0.29, 0.717) is 0 Å². The molecule has 2 aromatic rings. The lowest BCUT2D eigenvalue weighted by Crippen LogP contribution is -2.20. The number of ether oxygens (including phenoxy) is 2. The maximum atomic E-state index is 11.7. The van der Waals surface area contributed by atoms with Crippen LogP contribution in [0.1, 0.15) is 37.8 Å². The van der Waals surface area contributed by atoms with E-state index < -0.39 is 57.9 Å². The van der Waals surface area contributed by atoms with E-state index >= 15 is 0 Å². The van der Waals surface area contributed by atoms with Crippen molar-refractivity contribution in [1.29, 1.82) is 0 Å². The molecule has 0 aliphatic rings. The number of aromatic carboxylic acids is 2. The first kappa shape index (κ1) is 26.0. The number of aliphatic carboxylic acids is 2. The maximum Gasteiger partial charge on any atom is 0.341 e. The molecule has 0 saturated carbocycles. The minimum Gasteiger partial charge on any atom is -0.481 e. The summed E-state index contributed by atoms with van der Waals surface area (Å²) >= 11 is 18.4. The second-order valence-electron chi connectivity index (χ2n) is 6.46. The number of hydrogen-bond donors (Lipinski definition) is 4. The molecule has 0 spiro atoms. The van der Waals surface area contributed by atoms with Gasteiger partial charge in [0.1, 0.15) is 22.6 Å². The summed E-state index contributed by atoms with van der Waals surface area (Å²) in [6.07, 6.45) is 0. The zero-order chi connectivity index (χ0) is 24.9. The van der Waals surface area contributed by atoms with Crippen molar-refractivity contribution < 1.29 is 49.1 Å². The molecule has 0 atom stereocenters. The summed E-state index contributed by atoms with van der Waals surface area (Å²) in [7, 11) is 0. The lowest BCUT2D eigenvalue weighted by molar-refractivity contribution is -0.140. The molecule has 4 N–H and O–H groups in total. The molecule has 0 fully saturated rings. The van der Waals surface area contributed by atoms with E-state index in [9.17, 15) is 29.4 Å². The topological polar surface area (TPSA) is 168 Å². The molecule has 0 aliphatic heterocycles. The highest BCUT2D eigenvalue weighted by Gasteiger charge is 2.37. The van der Waals surface area contributed by atoms with E-state index in [0.717, 1.165) is 12.1 Å². The number of halogens is 3. The van der Waals surface area contributed by atoms with Gasteiger partial charge in [-0.1, -0.05) is 46.9 Å². The molecule has 0 aliphatic carbocycles. The third-order valence-corrected chi connectivity index (χ3v) is 4.82. The van der Waals surface area contributed by atoms with Gasteiger partial charge < -0.3 is 29.9 Å². The molecule has 0 heterocycles. The summed E-state index contributed by atoms with van der Waals surface area (Å²) in [4.78, 5) is 44.8. The van der Waals surface area contributed by atoms with Crippen LogP contribution in [0.2, 0.25) is 0 Å². The average Bonchev–Trinajstić information content (AvgIpc) is 2.70. The SMILES string of the molecule is O=C(O)COc1ccc(C(c2ccc(OCC(=O)O)c(C(=O)O)c2)C(Cl)(Cl)Cl)cc1C(=O)O. The van der Waals surface area contributed by atoms with Crippen LogP contribution < -0.4 is 9.47 Å². The van der Waals surface area contributed by atoms with Crippen LogP contribution >= 0.6 is 34.8 Å². The molecular weight excluding hydrogens is 507 g/mol. The van der Waals surface area contributed by atoms with Crippen LogP contribution in [-0.4, -0.2) is 61.3 Å². The van der Waals surface area contributed by atoms with Gasteiger partial charge in [-0.05, 0) is 35.4 Å². The Morgan fingerprint density at radius 2 is 1.09 bits per heavy atom. The maximum absolute atomic E-state index is 11.7. The molecule has 2 rings (SSSR count). The van der Waals surface area contributed by atoms with Crippen LogP contribution in [-0.2, 0) is 9.59 Å². The van der Waals surface area contributed by atoms with Gasteiger partial charge in [0.15, 0.2) is 13.2 Å².